The average Bonchev–Trinajstić information content (AvgIpc) is 3.17. The van der Waals surface area contributed by atoms with Crippen molar-refractivity contribution in [3.05, 3.63) is 0 Å². The van der Waals surface area contributed by atoms with Crippen LogP contribution in [0, 0.1) is 0 Å². The molecular weight excluding hydrogens is 456 g/mol. The Balaban J connectivity index is 0.000000270. The molecule has 3 heterocycles. The minimum atomic E-state index is -0.00417. The highest BCUT2D eigenvalue weighted by Gasteiger charge is 2.22. The Morgan fingerprint density at radius 3 is 1.50 bits per heavy atom. The molecule has 6 nitrogen and oxygen atoms in total. The van der Waals surface area contributed by atoms with E-state index in [1.165, 1.54) is 57.8 Å². The molecule has 0 spiro atoms. The third-order valence-corrected chi connectivity index (χ3v) is 7.02. The molecule has 0 aromatic rings. The predicted molar refractivity (Wildman–Crippen MR) is 144 cm³/mol. The number of ether oxygens (including phenoxy) is 3. The normalized spacial score (nSPS) is 23.8. The van der Waals surface area contributed by atoms with E-state index < -0.39 is 0 Å². The Labute approximate surface area is 220 Å². The summed E-state index contributed by atoms with van der Waals surface area (Å²) in [7, 11) is 0. The van der Waals surface area contributed by atoms with Crippen molar-refractivity contribution in [3.63, 3.8) is 0 Å². The summed E-state index contributed by atoms with van der Waals surface area (Å²) < 4.78 is 15.6. The fourth-order valence-corrected chi connectivity index (χ4v) is 4.77. The lowest BCUT2D eigenvalue weighted by molar-refractivity contribution is -0.154. The van der Waals surface area contributed by atoms with Gasteiger partial charge in [0.1, 0.15) is 18.3 Å². The van der Waals surface area contributed by atoms with Crippen molar-refractivity contribution < 1.29 is 28.6 Å². The quantitative estimate of drug-likeness (QED) is 0.150. The molecule has 3 rings (SSSR count). The van der Waals surface area contributed by atoms with Crippen molar-refractivity contribution in [1.82, 2.24) is 0 Å². The van der Waals surface area contributed by atoms with E-state index in [-0.39, 0.29) is 36.2 Å². The van der Waals surface area contributed by atoms with Crippen molar-refractivity contribution in [2.24, 2.45) is 0 Å². The van der Waals surface area contributed by atoms with E-state index in [2.05, 4.69) is 20.8 Å². The summed E-state index contributed by atoms with van der Waals surface area (Å²) in [6.45, 7) is 6.56. The van der Waals surface area contributed by atoms with Gasteiger partial charge in [-0.25, -0.2) is 0 Å². The minimum absolute atomic E-state index is 0.00254. The van der Waals surface area contributed by atoms with Crippen molar-refractivity contribution in [1.29, 1.82) is 0 Å². The van der Waals surface area contributed by atoms with Gasteiger partial charge in [-0.1, -0.05) is 65.7 Å². The van der Waals surface area contributed by atoms with Crippen LogP contribution in [0.5, 0.6) is 0 Å². The molecule has 0 aromatic carbocycles. The lowest BCUT2D eigenvalue weighted by Crippen LogP contribution is -2.23. The maximum absolute atomic E-state index is 11.0. The van der Waals surface area contributed by atoms with E-state index in [0.29, 0.717) is 19.3 Å². The van der Waals surface area contributed by atoms with Crippen LogP contribution in [-0.4, -0.2) is 36.2 Å². The molecule has 3 atom stereocenters. The van der Waals surface area contributed by atoms with Crippen LogP contribution < -0.4 is 0 Å². The van der Waals surface area contributed by atoms with Gasteiger partial charge in [0.2, 0.25) is 0 Å². The zero-order valence-electron chi connectivity index (χ0n) is 23.5. The van der Waals surface area contributed by atoms with Gasteiger partial charge < -0.3 is 14.2 Å². The summed E-state index contributed by atoms with van der Waals surface area (Å²) in [6.07, 6.45) is 23.2. The van der Waals surface area contributed by atoms with Crippen LogP contribution in [0.1, 0.15) is 156 Å². The second kappa shape index (κ2) is 21.5. The largest absolute Gasteiger partial charge is 0.462 e. The van der Waals surface area contributed by atoms with Gasteiger partial charge in [-0.05, 0) is 70.6 Å². The van der Waals surface area contributed by atoms with Crippen LogP contribution in [0.15, 0.2) is 0 Å². The molecule has 3 saturated heterocycles. The van der Waals surface area contributed by atoms with Crippen LogP contribution in [-0.2, 0) is 28.6 Å². The fraction of sp³-hybridized carbons (Fsp3) is 0.900. The lowest BCUT2D eigenvalue weighted by Gasteiger charge is -2.21. The smallest absolute Gasteiger partial charge is 0.306 e. The second-order valence-corrected chi connectivity index (χ2v) is 10.5. The Morgan fingerprint density at radius 1 is 0.500 bits per heavy atom. The third kappa shape index (κ3) is 17.0. The van der Waals surface area contributed by atoms with Gasteiger partial charge in [-0.2, -0.15) is 0 Å². The zero-order valence-corrected chi connectivity index (χ0v) is 23.5. The van der Waals surface area contributed by atoms with Crippen LogP contribution >= 0.6 is 0 Å². The van der Waals surface area contributed by atoms with Crippen LogP contribution in [0.4, 0.5) is 0 Å². The molecule has 3 unspecified atom stereocenters. The highest BCUT2D eigenvalue weighted by molar-refractivity contribution is 5.71. The van der Waals surface area contributed by atoms with Gasteiger partial charge >= 0.3 is 17.9 Å². The molecule has 0 aliphatic carbocycles. The fourth-order valence-electron chi connectivity index (χ4n) is 4.77. The van der Waals surface area contributed by atoms with Crippen LogP contribution in [0.25, 0.3) is 0 Å². The number of cyclic esters (lactones) is 3. The van der Waals surface area contributed by atoms with Gasteiger partial charge in [-0.3, -0.25) is 14.4 Å². The number of unbranched alkanes of at least 4 members (excludes halogenated alkanes) is 6. The Hall–Kier alpha value is -1.59. The van der Waals surface area contributed by atoms with E-state index >= 15 is 0 Å². The van der Waals surface area contributed by atoms with Gasteiger partial charge in [0.25, 0.3) is 0 Å². The van der Waals surface area contributed by atoms with Gasteiger partial charge in [-0.15, -0.1) is 0 Å². The van der Waals surface area contributed by atoms with E-state index in [0.717, 1.165) is 57.8 Å². The first-order chi connectivity index (χ1) is 17.5. The monoisotopic (exact) mass is 510 g/mol. The van der Waals surface area contributed by atoms with E-state index in [4.69, 9.17) is 14.2 Å². The summed E-state index contributed by atoms with van der Waals surface area (Å²) in [6, 6.07) is 0. The molecule has 3 aliphatic heterocycles. The standard InChI is InChI=1S/3C10H18O2/c1-2-3-6-9-7-4-5-8-10(11)12-9;1-2-3-4-6-9-7-5-8-10(11)12-9;1-2-3-4-5-6-9-7-8-10(11)12-9/h3*9H,2-8H2,1H3. The van der Waals surface area contributed by atoms with E-state index in [1.54, 1.807) is 0 Å². The average molecular weight is 511 g/mol. The molecule has 0 amide bonds. The number of esters is 3. The molecule has 36 heavy (non-hydrogen) atoms. The highest BCUT2D eigenvalue weighted by atomic mass is 16.6. The number of carbonyl (C=O) groups excluding carboxylic acids is 3. The topological polar surface area (TPSA) is 78.9 Å². The Morgan fingerprint density at radius 2 is 0.944 bits per heavy atom. The first-order valence-electron chi connectivity index (χ1n) is 15.1. The maximum Gasteiger partial charge on any atom is 0.306 e. The van der Waals surface area contributed by atoms with Crippen LogP contribution in [0.3, 0.4) is 0 Å². The summed E-state index contributed by atoms with van der Waals surface area (Å²) in [5, 5.41) is 0. The molecule has 3 fully saturated rings. The molecule has 0 bridgehead atoms. The summed E-state index contributed by atoms with van der Waals surface area (Å²) in [5.41, 5.74) is 0. The maximum atomic E-state index is 11.0. The van der Waals surface area contributed by atoms with Crippen molar-refractivity contribution in [3.8, 4) is 0 Å². The molecule has 3 aliphatic rings. The highest BCUT2D eigenvalue weighted by Crippen LogP contribution is 2.20. The number of carbonyl (C=O) groups is 3. The molecule has 0 N–H and O–H groups in total. The number of hydrogen-bond acceptors (Lipinski definition) is 6. The van der Waals surface area contributed by atoms with Crippen LogP contribution in [0.2, 0.25) is 0 Å². The molecule has 0 radical (unpaired) electrons. The lowest BCUT2D eigenvalue weighted by atomic mass is 10.0. The van der Waals surface area contributed by atoms with Crippen molar-refractivity contribution >= 4 is 17.9 Å². The third-order valence-electron chi connectivity index (χ3n) is 7.02. The number of hydrogen-bond donors (Lipinski definition) is 0. The van der Waals surface area contributed by atoms with Gasteiger partial charge in [0.15, 0.2) is 0 Å². The molecule has 210 valence electrons. The zero-order chi connectivity index (χ0) is 26.4. The first-order valence-corrected chi connectivity index (χ1v) is 15.1. The molecule has 0 aromatic heterocycles. The Bertz CT molecular complexity index is 590. The molecule has 6 heteroatoms. The first kappa shape index (κ1) is 32.4. The van der Waals surface area contributed by atoms with Gasteiger partial charge in [0, 0.05) is 19.3 Å². The number of rotatable bonds is 12. The van der Waals surface area contributed by atoms with E-state index in [1.807, 2.05) is 0 Å². The second-order valence-electron chi connectivity index (χ2n) is 10.5. The molecule has 0 saturated carbocycles. The van der Waals surface area contributed by atoms with Crippen molar-refractivity contribution in [2.45, 2.75) is 174 Å². The molecular formula is C30H54O6. The summed E-state index contributed by atoms with van der Waals surface area (Å²) in [4.78, 5) is 32.6. The Kier molecular flexibility index (Phi) is 19.4. The SMILES string of the molecule is CCCCC1CCCCC(=O)O1.CCCCCC1CCCC(=O)O1.CCCCCCC1CCC(=O)O1. The predicted octanol–water partition coefficient (Wildman–Crippen LogP) is 7.99. The summed E-state index contributed by atoms with van der Waals surface area (Å²) in [5.74, 6) is 0.00634. The minimum Gasteiger partial charge on any atom is -0.462 e. The van der Waals surface area contributed by atoms with E-state index in [9.17, 15) is 14.4 Å². The van der Waals surface area contributed by atoms with Crippen molar-refractivity contribution in [2.75, 3.05) is 0 Å². The van der Waals surface area contributed by atoms with Gasteiger partial charge in [0.05, 0.1) is 0 Å². The summed E-state index contributed by atoms with van der Waals surface area (Å²) >= 11 is 0.